The number of amides is 2. The molecule has 2 aromatic rings. The molecule has 2 aliphatic heterocycles. The molecule has 46 heavy (non-hydrogen) atoms. The number of hydrogen-bond acceptors (Lipinski definition) is 7. The van der Waals surface area contributed by atoms with Crippen molar-refractivity contribution in [2.75, 3.05) is 39.8 Å². The third-order valence-corrected chi connectivity index (χ3v) is 10.9. The minimum atomic E-state index is -0.526. The number of ether oxygens (including phenoxy) is 1. The predicted molar refractivity (Wildman–Crippen MR) is 176 cm³/mol. The summed E-state index contributed by atoms with van der Waals surface area (Å²) in [6, 6.07) is 19.4. The van der Waals surface area contributed by atoms with E-state index in [1.165, 1.54) is 6.42 Å². The Labute approximate surface area is 273 Å². The summed E-state index contributed by atoms with van der Waals surface area (Å²) in [6.07, 6.45) is 4.55. The van der Waals surface area contributed by atoms with Crippen molar-refractivity contribution in [2.24, 2.45) is 17.3 Å². The number of hydrogen-bond donors (Lipinski definition) is 1. The molecule has 7 rings (SSSR count). The Hall–Kier alpha value is -3.65. The van der Waals surface area contributed by atoms with Crippen molar-refractivity contribution in [3.05, 3.63) is 71.3 Å². The van der Waals surface area contributed by atoms with E-state index in [1.807, 2.05) is 37.4 Å². The van der Waals surface area contributed by atoms with Gasteiger partial charge >= 0.3 is 7.12 Å². The molecule has 242 valence electrons. The van der Waals surface area contributed by atoms with E-state index in [0.29, 0.717) is 42.7 Å². The second-order valence-corrected chi connectivity index (χ2v) is 14.1. The van der Waals surface area contributed by atoms with Gasteiger partial charge in [-0.15, -0.1) is 0 Å². The number of carbonyl (C=O) groups excluding carboxylic acids is 2. The lowest BCUT2D eigenvalue weighted by Gasteiger charge is -2.64. The molecular weight excluding hydrogens is 579 g/mol. The molecule has 2 aromatic carbocycles. The van der Waals surface area contributed by atoms with Crippen molar-refractivity contribution in [3.8, 4) is 11.8 Å². The Balaban J connectivity index is 1.06. The van der Waals surface area contributed by atoms with Gasteiger partial charge in [-0.1, -0.05) is 56.3 Å². The van der Waals surface area contributed by atoms with Crippen molar-refractivity contribution >= 4 is 25.0 Å². The van der Waals surface area contributed by atoms with Gasteiger partial charge in [0.1, 0.15) is 17.4 Å². The molecule has 2 saturated heterocycles. The zero-order valence-corrected chi connectivity index (χ0v) is 27.4. The normalized spacial score (nSPS) is 27.6. The number of likely N-dealkylation sites (N-methyl/N-ethyl adjacent to an activating group) is 1. The Morgan fingerprint density at radius 3 is 2.59 bits per heavy atom. The van der Waals surface area contributed by atoms with Crippen LogP contribution >= 0.6 is 0 Å². The summed E-state index contributed by atoms with van der Waals surface area (Å²) >= 11 is 0. The molecule has 1 N–H and O–H groups in total. The lowest BCUT2D eigenvalue weighted by Crippen LogP contribution is -2.65. The zero-order valence-electron chi connectivity index (χ0n) is 27.4. The van der Waals surface area contributed by atoms with E-state index < -0.39 is 7.12 Å². The lowest BCUT2D eigenvalue weighted by atomic mass is 9.43. The molecule has 0 aromatic heterocycles. The SMILES string of the molecule is CN1CCN(C(=O)C(C#N)=Cc2cccc(OCCC(=O)NC(Cc3ccccc3)B3O[C@@H]4C[C@@H]5C[C@@H](C5(C)C)[C@]4(C)O3)c2)CC1. The molecule has 10 heteroatoms. The fraction of sp³-hybridized carbons (Fsp3) is 0.528. The summed E-state index contributed by atoms with van der Waals surface area (Å²) < 4.78 is 19.2. The number of benzene rings is 2. The predicted octanol–water partition coefficient (Wildman–Crippen LogP) is 4.13. The molecule has 1 unspecified atom stereocenters. The molecule has 5 atom stereocenters. The topological polar surface area (TPSA) is 104 Å². The van der Waals surface area contributed by atoms with Crippen molar-refractivity contribution in [2.45, 2.75) is 64.1 Å². The largest absolute Gasteiger partial charge is 0.493 e. The molecule has 2 amide bonds. The number of rotatable bonds is 10. The molecule has 5 aliphatic rings. The average molecular weight is 625 g/mol. The van der Waals surface area contributed by atoms with Crippen LogP contribution < -0.4 is 10.1 Å². The molecule has 5 fully saturated rings. The summed E-state index contributed by atoms with van der Waals surface area (Å²) in [5, 5.41) is 12.9. The van der Waals surface area contributed by atoms with E-state index in [1.54, 1.807) is 23.1 Å². The molecule has 0 spiro atoms. The Kier molecular flexibility index (Phi) is 9.29. The maximum Gasteiger partial charge on any atom is 0.482 e. The summed E-state index contributed by atoms with van der Waals surface area (Å²) in [7, 11) is 1.49. The van der Waals surface area contributed by atoms with Crippen LogP contribution in [0.2, 0.25) is 0 Å². The van der Waals surface area contributed by atoms with Gasteiger partial charge in [0, 0.05) is 26.2 Å². The molecular formula is C36H45BN4O5. The lowest BCUT2D eigenvalue weighted by molar-refractivity contribution is -0.199. The van der Waals surface area contributed by atoms with Crippen molar-refractivity contribution in [3.63, 3.8) is 0 Å². The van der Waals surface area contributed by atoms with Gasteiger partial charge in [0.25, 0.3) is 5.91 Å². The van der Waals surface area contributed by atoms with E-state index >= 15 is 0 Å². The first kappa shape index (κ1) is 32.3. The van der Waals surface area contributed by atoms with Crippen LogP contribution in [0.1, 0.15) is 51.2 Å². The Morgan fingerprint density at radius 1 is 1.11 bits per heavy atom. The first-order valence-corrected chi connectivity index (χ1v) is 16.6. The minimum Gasteiger partial charge on any atom is -0.493 e. The van der Waals surface area contributed by atoms with Gasteiger partial charge < -0.3 is 29.2 Å². The van der Waals surface area contributed by atoms with Crippen molar-refractivity contribution < 1.29 is 23.6 Å². The second-order valence-electron chi connectivity index (χ2n) is 14.1. The molecule has 2 bridgehead atoms. The van der Waals surface area contributed by atoms with E-state index in [0.717, 1.165) is 25.1 Å². The van der Waals surface area contributed by atoms with Crippen LogP contribution in [0.3, 0.4) is 0 Å². The van der Waals surface area contributed by atoms with Crippen LogP contribution in [0.25, 0.3) is 6.08 Å². The maximum absolute atomic E-state index is 13.3. The van der Waals surface area contributed by atoms with Gasteiger partial charge in [0.15, 0.2) is 0 Å². The highest BCUT2D eigenvalue weighted by Crippen LogP contribution is 2.65. The first-order chi connectivity index (χ1) is 22.1. The summed E-state index contributed by atoms with van der Waals surface area (Å²) in [4.78, 5) is 30.1. The number of nitrogens with one attached hydrogen (secondary N) is 1. The fourth-order valence-corrected chi connectivity index (χ4v) is 7.88. The minimum absolute atomic E-state index is 0.0347. The van der Waals surface area contributed by atoms with Gasteiger partial charge in [-0.2, -0.15) is 5.26 Å². The van der Waals surface area contributed by atoms with Crippen LogP contribution in [0.15, 0.2) is 60.2 Å². The van der Waals surface area contributed by atoms with Gasteiger partial charge in [-0.25, -0.2) is 0 Å². The Morgan fingerprint density at radius 2 is 1.87 bits per heavy atom. The number of nitriles is 1. The third-order valence-electron chi connectivity index (χ3n) is 10.9. The summed E-state index contributed by atoms with van der Waals surface area (Å²) in [5.41, 5.74) is 1.77. The first-order valence-electron chi connectivity index (χ1n) is 16.6. The summed E-state index contributed by atoms with van der Waals surface area (Å²) in [5.74, 6) is 0.914. The Bertz CT molecular complexity index is 1500. The second kappa shape index (κ2) is 13.2. The van der Waals surface area contributed by atoms with Crippen molar-refractivity contribution in [1.29, 1.82) is 5.26 Å². The molecule has 0 radical (unpaired) electrons. The van der Waals surface area contributed by atoms with E-state index in [2.05, 4.69) is 49.2 Å². The average Bonchev–Trinajstić information content (AvgIpc) is 3.41. The highest BCUT2D eigenvalue weighted by Gasteiger charge is 2.68. The van der Waals surface area contributed by atoms with Crippen LogP contribution in [0.5, 0.6) is 5.75 Å². The standard InChI is InChI=1S/C36H45BN4O5/c1-35(2)28-22-30(35)36(3)31(23-28)45-37(46-36)32(21-25-9-6-5-7-10-25)39-33(42)13-18-44-29-12-8-11-26(20-29)19-27(24-38)34(43)41-16-14-40(4)15-17-41/h5-12,19-20,28,30-32H,13-18,21-23H2,1-4H3,(H,39,42)/t28-,30-,31+,32?,36-/m0/s1. The van der Waals surface area contributed by atoms with Gasteiger partial charge in [-0.3, -0.25) is 9.59 Å². The van der Waals surface area contributed by atoms with E-state index in [4.69, 9.17) is 14.0 Å². The van der Waals surface area contributed by atoms with Crippen LogP contribution in [0.4, 0.5) is 0 Å². The fourth-order valence-electron chi connectivity index (χ4n) is 7.88. The van der Waals surface area contributed by atoms with Crippen LogP contribution in [-0.2, 0) is 25.3 Å². The van der Waals surface area contributed by atoms with Gasteiger partial charge in [0.2, 0.25) is 5.91 Å². The zero-order chi connectivity index (χ0) is 32.5. The maximum atomic E-state index is 13.3. The van der Waals surface area contributed by atoms with Gasteiger partial charge in [-0.05, 0) is 79.8 Å². The van der Waals surface area contributed by atoms with E-state index in [9.17, 15) is 14.9 Å². The molecule has 9 nitrogen and oxygen atoms in total. The highest BCUT2D eigenvalue weighted by atomic mass is 16.7. The number of piperazine rings is 1. The van der Waals surface area contributed by atoms with Gasteiger partial charge in [0.05, 0.1) is 30.7 Å². The highest BCUT2D eigenvalue weighted by molar-refractivity contribution is 6.48. The smallest absolute Gasteiger partial charge is 0.482 e. The molecule has 3 saturated carbocycles. The van der Waals surface area contributed by atoms with Crippen LogP contribution in [-0.4, -0.2) is 86.2 Å². The molecule has 3 aliphatic carbocycles. The third kappa shape index (κ3) is 6.59. The van der Waals surface area contributed by atoms with E-state index in [-0.39, 0.29) is 53.5 Å². The number of nitrogens with zero attached hydrogens (tertiary/aromatic N) is 3. The van der Waals surface area contributed by atoms with Crippen molar-refractivity contribution in [1.82, 2.24) is 15.1 Å². The molecule has 2 heterocycles. The quantitative estimate of drug-likeness (QED) is 0.241. The summed E-state index contributed by atoms with van der Waals surface area (Å²) in [6.45, 7) is 9.83. The van der Waals surface area contributed by atoms with Crippen LogP contribution in [0, 0.1) is 28.6 Å². The monoisotopic (exact) mass is 624 g/mol. The number of carbonyl (C=O) groups is 2.